The minimum atomic E-state index is -0.956. The molecule has 1 N–H and O–H groups in total. The number of rotatable bonds is 5. The summed E-state index contributed by atoms with van der Waals surface area (Å²) < 4.78 is 0. The summed E-state index contributed by atoms with van der Waals surface area (Å²) in [6.45, 7) is 1.42. The van der Waals surface area contributed by atoms with Gasteiger partial charge in [0.25, 0.3) is 11.6 Å². The second-order valence-electron chi connectivity index (χ2n) is 4.93. The second-order valence-corrected chi connectivity index (χ2v) is 4.93. The molecule has 0 bridgehead atoms. The number of benzene rings is 1. The van der Waals surface area contributed by atoms with Crippen molar-refractivity contribution in [2.24, 2.45) is 5.11 Å². The highest BCUT2D eigenvalue weighted by molar-refractivity contribution is 6.04. The van der Waals surface area contributed by atoms with Crippen LogP contribution < -0.4 is 5.32 Å². The first kappa shape index (κ1) is 16.9. The molecule has 11 heteroatoms. The number of nitrogens with one attached hydrogen (secondary N) is 1. The third-order valence-corrected chi connectivity index (χ3v) is 3.41. The molecule has 0 aliphatic carbocycles. The number of amides is 3. The Bertz CT molecular complexity index is 769. The fourth-order valence-corrected chi connectivity index (χ4v) is 2.39. The Balaban J connectivity index is 2.31. The van der Waals surface area contributed by atoms with E-state index in [1.165, 1.54) is 25.1 Å². The Kier molecular flexibility index (Phi) is 4.76. The molecule has 0 saturated carbocycles. The van der Waals surface area contributed by atoms with Crippen LogP contribution in [0.25, 0.3) is 10.4 Å². The number of imide groups is 1. The number of para-hydroxylation sites is 1. The van der Waals surface area contributed by atoms with Gasteiger partial charge in [-0.1, -0.05) is 11.2 Å². The van der Waals surface area contributed by atoms with Gasteiger partial charge in [0.2, 0.25) is 11.8 Å². The van der Waals surface area contributed by atoms with Gasteiger partial charge in [0.15, 0.2) is 0 Å². The first-order chi connectivity index (χ1) is 11.4. The Hall–Kier alpha value is -3.46. The zero-order valence-corrected chi connectivity index (χ0v) is 12.5. The summed E-state index contributed by atoms with van der Waals surface area (Å²) in [5, 5.41) is 16.8. The number of carbonyl (C=O) groups excluding carboxylic acids is 3. The fraction of sp³-hybridized carbons (Fsp3) is 0.308. The lowest BCUT2D eigenvalue weighted by molar-refractivity contribution is -0.384. The zero-order chi connectivity index (χ0) is 17.9. The van der Waals surface area contributed by atoms with Crippen LogP contribution in [0, 0.1) is 10.1 Å². The van der Waals surface area contributed by atoms with Crippen molar-refractivity contribution in [3.8, 4) is 0 Å². The topological polar surface area (TPSA) is 158 Å². The molecule has 3 amide bonds. The van der Waals surface area contributed by atoms with Gasteiger partial charge >= 0.3 is 0 Å². The van der Waals surface area contributed by atoms with E-state index in [0.717, 1.165) is 4.90 Å². The highest BCUT2D eigenvalue weighted by Crippen LogP contribution is 2.31. The van der Waals surface area contributed by atoms with Crippen LogP contribution in [0.3, 0.4) is 0 Å². The van der Waals surface area contributed by atoms with Crippen molar-refractivity contribution in [1.29, 1.82) is 0 Å². The Morgan fingerprint density at radius 1 is 1.42 bits per heavy atom. The highest BCUT2D eigenvalue weighted by Gasteiger charge is 2.34. The maximum atomic E-state index is 12.3. The van der Waals surface area contributed by atoms with E-state index in [2.05, 4.69) is 15.3 Å². The highest BCUT2D eigenvalue weighted by atomic mass is 16.6. The molecule has 1 heterocycles. The molecule has 1 aliphatic rings. The van der Waals surface area contributed by atoms with Crippen molar-refractivity contribution < 1.29 is 19.3 Å². The number of nitrogens with zero attached hydrogens (tertiary/aromatic N) is 5. The van der Waals surface area contributed by atoms with Crippen molar-refractivity contribution >= 4 is 29.1 Å². The van der Waals surface area contributed by atoms with Crippen molar-refractivity contribution in [3.05, 3.63) is 44.3 Å². The Labute approximate surface area is 135 Å². The van der Waals surface area contributed by atoms with Crippen molar-refractivity contribution in [1.82, 2.24) is 10.2 Å². The van der Waals surface area contributed by atoms with Gasteiger partial charge in [0.1, 0.15) is 17.4 Å². The molecule has 1 aromatic rings. The van der Waals surface area contributed by atoms with Crippen LogP contribution in [-0.4, -0.2) is 33.7 Å². The normalized spacial score (nSPS) is 15.0. The molecular weight excluding hydrogens is 320 g/mol. The number of azide groups is 1. The third kappa shape index (κ3) is 3.15. The zero-order valence-electron chi connectivity index (χ0n) is 12.5. The van der Waals surface area contributed by atoms with Gasteiger partial charge in [-0.2, -0.15) is 0 Å². The van der Waals surface area contributed by atoms with Gasteiger partial charge in [-0.25, -0.2) is 0 Å². The summed E-state index contributed by atoms with van der Waals surface area (Å²) in [6.07, 6.45) is -0.834. The molecular formula is C13H12N6O5. The lowest BCUT2D eigenvalue weighted by Crippen LogP contribution is -2.48. The van der Waals surface area contributed by atoms with Gasteiger partial charge in [-0.3, -0.25) is 29.4 Å². The van der Waals surface area contributed by atoms with Gasteiger partial charge in [0.05, 0.1) is 4.92 Å². The maximum Gasteiger partial charge on any atom is 0.291 e. The lowest BCUT2D eigenvalue weighted by Gasteiger charge is -2.23. The average molecular weight is 332 g/mol. The molecule has 1 unspecified atom stereocenters. The van der Waals surface area contributed by atoms with E-state index in [1.807, 2.05) is 0 Å². The quantitative estimate of drug-likeness (QED) is 0.217. The molecule has 1 aromatic carbocycles. The Morgan fingerprint density at radius 2 is 2.04 bits per heavy atom. The molecule has 124 valence electrons. The number of hydrogen-bond acceptors (Lipinski definition) is 6. The van der Waals surface area contributed by atoms with Crippen LogP contribution in [-0.2, 0) is 9.59 Å². The summed E-state index contributed by atoms with van der Waals surface area (Å²) in [5.41, 5.74) is 7.16. The molecule has 2 rings (SSSR count). The first-order valence-electron chi connectivity index (χ1n) is 6.85. The molecule has 1 atom stereocenters. The van der Waals surface area contributed by atoms with E-state index in [-0.39, 0.29) is 24.1 Å². The predicted molar refractivity (Wildman–Crippen MR) is 79.9 cm³/mol. The van der Waals surface area contributed by atoms with Crippen molar-refractivity contribution in [3.63, 3.8) is 0 Å². The lowest BCUT2D eigenvalue weighted by atomic mass is 10.1. The molecule has 0 spiro atoms. The monoisotopic (exact) mass is 332 g/mol. The van der Waals surface area contributed by atoms with E-state index in [9.17, 15) is 24.5 Å². The molecule has 1 saturated heterocycles. The molecule has 1 aliphatic heterocycles. The summed E-state index contributed by atoms with van der Waals surface area (Å²) in [4.78, 5) is 49.3. The van der Waals surface area contributed by atoms with Crippen molar-refractivity contribution in [2.45, 2.75) is 25.9 Å². The second kappa shape index (κ2) is 6.75. The van der Waals surface area contributed by atoms with Crippen molar-refractivity contribution in [2.75, 3.05) is 0 Å². The van der Waals surface area contributed by atoms with Crippen LogP contribution in [0.5, 0.6) is 0 Å². The first-order valence-corrected chi connectivity index (χ1v) is 6.85. The molecule has 0 radical (unpaired) electrons. The summed E-state index contributed by atoms with van der Waals surface area (Å²) in [7, 11) is 0. The smallest absolute Gasteiger partial charge is 0.291 e. The largest absolute Gasteiger partial charge is 0.331 e. The van der Waals surface area contributed by atoms with E-state index in [0.29, 0.717) is 0 Å². The average Bonchev–Trinajstić information content (AvgIpc) is 2.86. The van der Waals surface area contributed by atoms with Gasteiger partial charge in [0, 0.05) is 17.8 Å². The standard InChI is InChI=1S/C13H12N6O5/c1-7(18-10(20)5-6-11(18)21)15-13(22)8-3-2-4-9(16-17-14)12(8)19(23)24/h2-4,7H,5-6H2,1H3,(H,15,22). The summed E-state index contributed by atoms with van der Waals surface area (Å²) >= 11 is 0. The molecule has 24 heavy (non-hydrogen) atoms. The number of nitro groups is 1. The van der Waals surface area contributed by atoms with Crippen LogP contribution in [0.15, 0.2) is 23.3 Å². The SMILES string of the molecule is CC(NC(=O)c1cccc(N=[N+]=[N-])c1[N+](=O)[O-])N1C(=O)CCC1=O. The van der Waals surface area contributed by atoms with E-state index in [4.69, 9.17) is 5.53 Å². The van der Waals surface area contributed by atoms with Crippen LogP contribution in [0.1, 0.15) is 30.1 Å². The molecule has 0 aromatic heterocycles. The number of nitro benzene ring substituents is 1. The summed E-state index contributed by atoms with van der Waals surface area (Å²) in [6, 6.07) is 3.71. The maximum absolute atomic E-state index is 12.3. The van der Waals surface area contributed by atoms with Gasteiger partial charge in [-0.05, 0) is 24.6 Å². The van der Waals surface area contributed by atoms with Crippen LogP contribution >= 0.6 is 0 Å². The minimum Gasteiger partial charge on any atom is -0.331 e. The fourth-order valence-electron chi connectivity index (χ4n) is 2.39. The number of likely N-dealkylation sites (tertiary alicyclic amines) is 1. The number of carbonyl (C=O) groups is 3. The van der Waals surface area contributed by atoms with E-state index < -0.39 is 34.5 Å². The van der Waals surface area contributed by atoms with E-state index in [1.54, 1.807) is 0 Å². The predicted octanol–water partition coefficient (Wildman–Crippen LogP) is 1.76. The number of hydrogen-bond donors (Lipinski definition) is 1. The molecule has 1 fully saturated rings. The molecule has 11 nitrogen and oxygen atoms in total. The van der Waals surface area contributed by atoms with Gasteiger partial charge < -0.3 is 5.32 Å². The van der Waals surface area contributed by atoms with Crippen LogP contribution in [0.4, 0.5) is 11.4 Å². The minimum absolute atomic E-state index is 0.0611. The van der Waals surface area contributed by atoms with Gasteiger partial charge in [-0.15, -0.1) is 0 Å². The summed E-state index contributed by atoms with van der Waals surface area (Å²) in [5.74, 6) is -1.72. The Morgan fingerprint density at radius 3 is 2.58 bits per heavy atom. The van der Waals surface area contributed by atoms with E-state index >= 15 is 0 Å². The van der Waals surface area contributed by atoms with Crippen LogP contribution in [0.2, 0.25) is 0 Å². The third-order valence-electron chi connectivity index (χ3n) is 3.41.